The van der Waals surface area contributed by atoms with Crippen LogP contribution in [0, 0.1) is 24.0 Å². The van der Waals surface area contributed by atoms with Gasteiger partial charge in [-0.2, -0.15) is 4.31 Å². The Bertz CT molecular complexity index is 679. The van der Waals surface area contributed by atoms with Crippen molar-refractivity contribution in [1.82, 2.24) is 9.62 Å². The van der Waals surface area contributed by atoms with Crippen molar-refractivity contribution in [2.75, 3.05) is 13.6 Å². The summed E-state index contributed by atoms with van der Waals surface area (Å²) in [6.45, 7) is -0.223. The van der Waals surface area contributed by atoms with Gasteiger partial charge in [0.15, 0.2) is 5.82 Å². The number of benzene rings is 1. The van der Waals surface area contributed by atoms with Crippen LogP contribution < -0.4 is 5.32 Å². The second-order valence-electron chi connectivity index (χ2n) is 4.96. The van der Waals surface area contributed by atoms with Crippen LogP contribution in [0.15, 0.2) is 17.0 Å². The van der Waals surface area contributed by atoms with Crippen molar-refractivity contribution in [3.05, 3.63) is 29.3 Å². The number of rotatable bonds is 6. The number of hydrogen-bond acceptors (Lipinski definition) is 3. The molecule has 0 aliphatic heterocycles. The van der Waals surface area contributed by atoms with Gasteiger partial charge in [0.05, 0.1) is 6.54 Å². The quantitative estimate of drug-likeness (QED) is 0.809. The molecule has 0 atom stereocenters. The van der Waals surface area contributed by atoms with E-state index in [2.05, 4.69) is 11.2 Å². The van der Waals surface area contributed by atoms with Gasteiger partial charge in [0.2, 0.25) is 10.0 Å². The normalized spacial score (nSPS) is 15.2. The average molecular weight is 314 g/mol. The maximum absolute atomic E-state index is 14.4. The monoisotopic (exact) mass is 314 g/mol. The van der Waals surface area contributed by atoms with Crippen molar-refractivity contribution in [2.24, 2.45) is 0 Å². The first kappa shape index (κ1) is 15.9. The minimum absolute atomic E-state index is 0.0372. The lowest BCUT2D eigenvalue weighted by Gasteiger charge is -2.16. The Hall–Kier alpha value is -1.49. The maximum atomic E-state index is 14.4. The van der Waals surface area contributed by atoms with E-state index in [4.69, 9.17) is 6.42 Å². The molecule has 2 rings (SSSR count). The number of hydrogen-bond donors (Lipinski definition) is 1. The van der Waals surface area contributed by atoms with Crippen LogP contribution in [0.25, 0.3) is 0 Å². The average Bonchev–Trinajstić information content (AvgIpc) is 3.22. The minimum Gasteiger partial charge on any atom is -0.310 e. The smallest absolute Gasteiger partial charge is 0.246 e. The van der Waals surface area contributed by atoms with Crippen LogP contribution >= 0.6 is 0 Å². The van der Waals surface area contributed by atoms with E-state index in [9.17, 15) is 17.2 Å². The summed E-state index contributed by atoms with van der Waals surface area (Å²) in [6, 6.07) is 2.14. The van der Waals surface area contributed by atoms with Crippen molar-refractivity contribution >= 4 is 10.0 Å². The summed E-state index contributed by atoms with van der Waals surface area (Å²) >= 11 is 0. The molecule has 0 heterocycles. The van der Waals surface area contributed by atoms with Crippen molar-refractivity contribution in [1.29, 1.82) is 0 Å². The molecule has 114 valence electrons. The van der Waals surface area contributed by atoms with Crippen LogP contribution in [0.2, 0.25) is 0 Å². The highest BCUT2D eigenvalue weighted by Crippen LogP contribution is 2.25. The SMILES string of the molecule is C#CCN(C)S(=O)(=O)c1ccc(F)c(CNC2CC2)c1F. The Kier molecular flexibility index (Phi) is 4.61. The molecule has 1 aromatic rings. The molecule has 0 amide bonds. The number of nitrogens with one attached hydrogen (secondary N) is 1. The van der Waals surface area contributed by atoms with Crippen molar-refractivity contribution in [2.45, 2.75) is 30.3 Å². The third-order valence-corrected chi connectivity index (χ3v) is 5.12. The predicted octanol–water partition coefficient (Wildman–Crippen LogP) is 1.47. The molecule has 0 bridgehead atoms. The molecule has 1 aliphatic rings. The summed E-state index contributed by atoms with van der Waals surface area (Å²) in [5, 5.41) is 2.97. The Labute approximate surface area is 123 Å². The summed E-state index contributed by atoms with van der Waals surface area (Å²) in [5.74, 6) is 0.347. The van der Waals surface area contributed by atoms with E-state index in [0.29, 0.717) is 0 Å². The highest BCUT2D eigenvalue weighted by atomic mass is 32.2. The van der Waals surface area contributed by atoms with Crippen LogP contribution in [0.4, 0.5) is 8.78 Å². The highest BCUT2D eigenvalue weighted by molar-refractivity contribution is 7.89. The van der Waals surface area contributed by atoms with E-state index in [1.165, 1.54) is 7.05 Å². The van der Waals surface area contributed by atoms with Gasteiger partial charge in [-0.15, -0.1) is 6.42 Å². The lowest BCUT2D eigenvalue weighted by Crippen LogP contribution is -2.29. The lowest BCUT2D eigenvalue weighted by molar-refractivity contribution is 0.481. The maximum Gasteiger partial charge on any atom is 0.246 e. The van der Waals surface area contributed by atoms with Gasteiger partial charge in [-0.05, 0) is 25.0 Å². The minimum atomic E-state index is -4.07. The fourth-order valence-corrected chi connectivity index (χ4v) is 3.02. The number of halogens is 2. The lowest BCUT2D eigenvalue weighted by atomic mass is 10.2. The Morgan fingerprint density at radius 2 is 2.10 bits per heavy atom. The molecule has 0 radical (unpaired) electrons. The molecule has 1 N–H and O–H groups in total. The standard InChI is InChI=1S/C14H16F2N2O2S/c1-3-8-18(2)21(19,20)13-7-6-12(15)11(14(13)16)9-17-10-4-5-10/h1,6-7,10,17H,4-5,8-9H2,2H3. The van der Waals surface area contributed by atoms with Gasteiger partial charge >= 0.3 is 0 Å². The molecule has 1 aliphatic carbocycles. The van der Waals surface area contributed by atoms with Crippen molar-refractivity contribution in [3.63, 3.8) is 0 Å². The van der Waals surface area contributed by atoms with Gasteiger partial charge in [0.1, 0.15) is 10.7 Å². The van der Waals surface area contributed by atoms with Gasteiger partial charge in [0, 0.05) is 25.2 Å². The fraction of sp³-hybridized carbons (Fsp3) is 0.429. The molecule has 0 aromatic heterocycles. The molecule has 21 heavy (non-hydrogen) atoms. The van der Waals surface area contributed by atoms with E-state index in [1.54, 1.807) is 0 Å². The van der Waals surface area contributed by atoms with Gasteiger partial charge < -0.3 is 5.32 Å². The van der Waals surface area contributed by atoms with Gasteiger partial charge in [-0.1, -0.05) is 5.92 Å². The second kappa shape index (κ2) is 6.10. The largest absolute Gasteiger partial charge is 0.310 e. The summed E-state index contributed by atoms with van der Waals surface area (Å²) in [6.07, 6.45) is 6.99. The molecule has 1 fully saturated rings. The zero-order valence-electron chi connectivity index (χ0n) is 11.6. The summed E-state index contributed by atoms with van der Waals surface area (Å²) in [7, 11) is -2.82. The number of sulfonamides is 1. The molecule has 0 spiro atoms. The number of terminal acetylenes is 1. The van der Waals surface area contributed by atoms with Gasteiger partial charge in [-0.25, -0.2) is 17.2 Å². The fourth-order valence-electron chi connectivity index (χ4n) is 1.85. The van der Waals surface area contributed by atoms with Crippen molar-refractivity contribution in [3.8, 4) is 12.3 Å². The predicted molar refractivity (Wildman–Crippen MR) is 74.9 cm³/mol. The molecule has 1 aromatic carbocycles. The first-order valence-electron chi connectivity index (χ1n) is 6.48. The van der Waals surface area contributed by atoms with Crippen molar-refractivity contribution < 1.29 is 17.2 Å². The second-order valence-corrected chi connectivity index (χ2v) is 6.97. The topological polar surface area (TPSA) is 49.4 Å². The van der Waals surface area contributed by atoms with E-state index in [0.717, 1.165) is 29.3 Å². The molecule has 0 saturated heterocycles. The molecular formula is C14H16F2N2O2S. The van der Waals surface area contributed by atoms with Gasteiger partial charge in [-0.3, -0.25) is 0 Å². The van der Waals surface area contributed by atoms with Crippen LogP contribution in [-0.4, -0.2) is 32.4 Å². The molecule has 7 heteroatoms. The number of nitrogens with zero attached hydrogens (tertiary/aromatic N) is 1. The summed E-state index contributed by atoms with van der Waals surface area (Å²) in [5.41, 5.74) is -0.267. The zero-order chi connectivity index (χ0) is 15.6. The Balaban J connectivity index is 2.35. The van der Waals surface area contributed by atoms with Gasteiger partial charge in [0.25, 0.3) is 0 Å². The van der Waals surface area contributed by atoms with E-state index < -0.39 is 26.6 Å². The first-order valence-corrected chi connectivity index (χ1v) is 7.92. The Morgan fingerprint density at radius 3 is 2.67 bits per heavy atom. The molecule has 1 saturated carbocycles. The Morgan fingerprint density at radius 1 is 1.43 bits per heavy atom. The summed E-state index contributed by atoms with van der Waals surface area (Å²) < 4.78 is 53.3. The van der Waals surface area contributed by atoms with Crippen LogP contribution in [-0.2, 0) is 16.6 Å². The zero-order valence-corrected chi connectivity index (χ0v) is 12.4. The first-order chi connectivity index (χ1) is 9.87. The third-order valence-electron chi connectivity index (χ3n) is 3.30. The van der Waals surface area contributed by atoms with E-state index >= 15 is 0 Å². The summed E-state index contributed by atoms with van der Waals surface area (Å²) in [4.78, 5) is -0.561. The van der Waals surface area contributed by atoms with E-state index in [1.807, 2.05) is 0 Å². The van der Waals surface area contributed by atoms with Crippen LogP contribution in [0.3, 0.4) is 0 Å². The third kappa shape index (κ3) is 3.40. The molecule has 4 nitrogen and oxygen atoms in total. The van der Waals surface area contributed by atoms with Crippen LogP contribution in [0.1, 0.15) is 18.4 Å². The highest BCUT2D eigenvalue weighted by Gasteiger charge is 2.28. The molecule has 0 unspecified atom stereocenters. The van der Waals surface area contributed by atoms with Crippen LogP contribution in [0.5, 0.6) is 0 Å². The van der Waals surface area contributed by atoms with E-state index in [-0.39, 0.29) is 24.7 Å². The molecular weight excluding hydrogens is 298 g/mol.